The van der Waals surface area contributed by atoms with Gasteiger partial charge < -0.3 is 4.74 Å². The minimum Gasteiger partial charge on any atom is -0.462 e. The number of hydrogen-bond acceptors (Lipinski definition) is 3. The Morgan fingerprint density at radius 2 is 1.75 bits per heavy atom. The SMILES string of the molecule is CCCC1CCC(C(=O)OC2CCC(C#N)CC2)CC1. The van der Waals surface area contributed by atoms with Gasteiger partial charge in [-0.1, -0.05) is 19.8 Å². The lowest BCUT2D eigenvalue weighted by molar-refractivity contribution is -0.157. The molecule has 0 N–H and O–H groups in total. The maximum absolute atomic E-state index is 12.2. The fourth-order valence-corrected chi connectivity index (χ4v) is 3.67. The highest BCUT2D eigenvalue weighted by molar-refractivity contribution is 5.72. The first kappa shape index (κ1) is 15.4. The second-order valence-electron chi connectivity index (χ2n) is 6.55. The summed E-state index contributed by atoms with van der Waals surface area (Å²) in [5.41, 5.74) is 0. The van der Waals surface area contributed by atoms with Crippen LogP contribution in [0.1, 0.15) is 71.1 Å². The van der Waals surface area contributed by atoms with Crippen LogP contribution < -0.4 is 0 Å². The van der Waals surface area contributed by atoms with Crippen LogP contribution in [0.4, 0.5) is 0 Å². The molecule has 0 unspecified atom stereocenters. The maximum Gasteiger partial charge on any atom is 0.309 e. The normalized spacial score (nSPS) is 34.2. The number of nitrogens with zero attached hydrogens (tertiary/aromatic N) is 1. The zero-order valence-corrected chi connectivity index (χ0v) is 12.6. The van der Waals surface area contributed by atoms with E-state index in [1.165, 1.54) is 25.7 Å². The third-order valence-electron chi connectivity index (χ3n) is 5.02. The molecular formula is C17H27NO2. The van der Waals surface area contributed by atoms with Crippen LogP contribution in [0.25, 0.3) is 0 Å². The largest absolute Gasteiger partial charge is 0.462 e. The van der Waals surface area contributed by atoms with Crippen molar-refractivity contribution in [2.45, 2.75) is 77.2 Å². The Balaban J connectivity index is 1.70. The molecule has 2 aliphatic carbocycles. The van der Waals surface area contributed by atoms with Gasteiger partial charge in [-0.15, -0.1) is 0 Å². The van der Waals surface area contributed by atoms with E-state index < -0.39 is 0 Å². The van der Waals surface area contributed by atoms with E-state index >= 15 is 0 Å². The molecule has 0 aromatic rings. The molecule has 0 atom stereocenters. The van der Waals surface area contributed by atoms with Crippen LogP contribution in [0.2, 0.25) is 0 Å². The van der Waals surface area contributed by atoms with Crippen molar-refractivity contribution in [2.24, 2.45) is 17.8 Å². The van der Waals surface area contributed by atoms with E-state index in [1.807, 2.05) is 0 Å². The topological polar surface area (TPSA) is 50.1 Å². The first-order valence-corrected chi connectivity index (χ1v) is 8.33. The number of carbonyl (C=O) groups is 1. The van der Waals surface area contributed by atoms with Crippen LogP contribution in [-0.2, 0) is 9.53 Å². The van der Waals surface area contributed by atoms with Crippen molar-refractivity contribution in [3.8, 4) is 6.07 Å². The van der Waals surface area contributed by atoms with E-state index in [2.05, 4.69) is 13.0 Å². The van der Waals surface area contributed by atoms with Gasteiger partial charge >= 0.3 is 5.97 Å². The summed E-state index contributed by atoms with van der Waals surface area (Å²) in [5, 5.41) is 8.87. The van der Waals surface area contributed by atoms with Crippen LogP contribution in [0.3, 0.4) is 0 Å². The minimum atomic E-state index is 0.0281. The van der Waals surface area contributed by atoms with E-state index in [0.717, 1.165) is 44.4 Å². The van der Waals surface area contributed by atoms with Gasteiger partial charge in [0.15, 0.2) is 0 Å². The summed E-state index contributed by atoms with van der Waals surface area (Å²) in [6.07, 6.45) is 10.5. The fraction of sp³-hybridized carbons (Fsp3) is 0.882. The van der Waals surface area contributed by atoms with Gasteiger partial charge in [0.1, 0.15) is 6.10 Å². The number of ether oxygens (including phenoxy) is 1. The number of carbonyl (C=O) groups excluding carboxylic acids is 1. The van der Waals surface area contributed by atoms with Crippen LogP contribution >= 0.6 is 0 Å². The molecule has 2 aliphatic rings. The lowest BCUT2D eigenvalue weighted by Crippen LogP contribution is -2.30. The Hall–Kier alpha value is -1.04. The van der Waals surface area contributed by atoms with Gasteiger partial charge in [0.05, 0.1) is 12.0 Å². The van der Waals surface area contributed by atoms with Crippen LogP contribution in [0.5, 0.6) is 0 Å². The molecule has 3 heteroatoms. The maximum atomic E-state index is 12.2. The number of esters is 1. The second kappa shape index (κ2) is 7.67. The quantitative estimate of drug-likeness (QED) is 0.723. The smallest absolute Gasteiger partial charge is 0.309 e. The highest BCUT2D eigenvalue weighted by Crippen LogP contribution is 2.33. The average Bonchev–Trinajstić information content (AvgIpc) is 2.49. The van der Waals surface area contributed by atoms with Gasteiger partial charge in [0.25, 0.3) is 0 Å². The van der Waals surface area contributed by atoms with Crippen molar-refractivity contribution in [3.05, 3.63) is 0 Å². The van der Waals surface area contributed by atoms with Crippen LogP contribution in [0.15, 0.2) is 0 Å². The number of hydrogen-bond donors (Lipinski definition) is 0. The molecule has 0 heterocycles. The van der Waals surface area contributed by atoms with Gasteiger partial charge in [-0.3, -0.25) is 4.79 Å². The van der Waals surface area contributed by atoms with Crippen LogP contribution in [-0.4, -0.2) is 12.1 Å². The van der Waals surface area contributed by atoms with E-state index in [9.17, 15) is 4.79 Å². The summed E-state index contributed by atoms with van der Waals surface area (Å²) < 4.78 is 5.67. The molecule has 0 aromatic carbocycles. The highest BCUT2D eigenvalue weighted by Gasteiger charge is 2.30. The van der Waals surface area contributed by atoms with Crippen molar-refractivity contribution < 1.29 is 9.53 Å². The monoisotopic (exact) mass is 277 g/mol. The third-order valence-corrected chi connectivity index (χ3v) is 5.02. The molecule has 0 aliphatic heterocycles. The predicted octanol–water partition coefficient (Wildman–Crippen LogP) is 4.22. The molecule has 0 radical (unpaired) electrons. The molecular weight excluding hydrogens is 250 g/mol. The van der Waals surface area contributed by atoms with Crippen molar-refractivity contribution in [1.82, 2.24) is 0 Å². The molecule has 0 saturated heterocycles. The van der Waals surface area contributed by atoms with E-state index in [0.29, 0.717) is 0 Å². The minimum absolute atomic E-state index is 0.0281. The summed E-state index contributed by atoms with van der Waals surface area (Å²) in [4.78, 5) is 12.2. The summed E-state index contributed by atoms with van der Waals surface area (Å²) in [7, 11) is 0. The molecule has 112 valence electrons. The lowest BCUT2D eigenvalue weighted by atomic mass is 9.80. The van der Waals surface area contributed by atoms with Crippen molar-refractivity contribution in [3.63, 3.8) is 0 Å². The summed E-state index contributed by atoms with van der Waals surface area (Å²) in [5.74, 6) is 1.17. The second-order valence-corrected chi connectivity index (χ2v) is 6.55. The highest BCUT2D eigenvalue weighted by atomic mass is 16.5. The summed E-state index contributed by atoms with van der Waals surface area (Å²) >= 11 is 0. The Morgan fingerprint density at radius 1 is 1.10 bits per heavy atom. The Kier molecular flexibility index (Phi) is 5.88. The molecule has 2 saturated carbocycles. The van der Waals surface area contributed by atoms with Gasteiger partial charge in [0, 0.05) is 5.92 Å². The zero-order valence-electron chi connectivity index (χ0n) is 12.6. The van der Waals surface area contributed by atoms with Crippen molar-refractivity contribution in [1.29, 1.82) is 5.26 Å². The summed E-state index contributed by atoms with van der Waals surface area (Å²) in [6, 6.07) is 2.32. The zero-order chi connectivity index (χ0) is 14.4. The first-order valence-electron chi connectivity index (χ1n) is 8.33. The molecule has 0 spiro atoms. The Morgan fingerprint density at radius 3 is 2.30 bits per heavy atom. The number of rotatable bonds is 4. The molecule has 2 fully saturated rings. The van der Waals surface area contributed by atoms with Crippen molar-refractivity contribution in [2.75, 3.05) is 0 Å². The molecule has 3 nitrogen and oxygen atoms in total. The summed E-state index contributed by atoms with van der Waals surface area (Å²) in [6.45, 7) is 2.23. The fourth-order valence-electron chi connectivity index (χ4n) is 3.67. The van der Waals surface area contributed by atoms with E-state index in [4.69, 9.17) is 10.00 Å². The Labute approximate surface area is 122 Å². The lowest BCUT2D eigenvalue weighted by Gasteiger charge is -2.30. The average molecular weight is 277 g/mol. The van der Waals surface area contributed by atoms with Crippen LogP contribution in [0, 0.1) is 29.1 Å². The Bertz CT molecular complexity index is 344. The standard InChI is InChI=1S/C17H27NO2/c1-2-3-13-4-8-15(9-5-13)17(19)20-16-10-6-14(12-18)7-11-16/h13-16H,2-11H2,1H3. The van der Waals surface area contributed by atoms with E-state index in [-0.39, 0.29) is 23.9 Å². The van der Waals surface area contributed by atoms with Gasteiger partial charge in [-0.2, -0.15) is 5.26 Å². The van der Waals surface area contributed by atoms with E-state index in [1.54, 1.807) is 0 Å². The first-order chi connectivity index (χ1) is 9.72. The molecule has 0 amide bonds. The predicted molar refractivity (Wildman–Crippen MR) is 77.8 cm³/mol. The molecule has 2 rings (SSSR count). The molecule has 20 heavy (non-hydrogen) atoms. The number of nitriles is 1. The molecule has 0 aromatic heterocycles. The molecule has 0 bridgehead atoms. The van der Waals surface area contributed by atoms with Gasteiger partial charge in [0.2, 0.25) is 0 Å². The van der Waals surface area contributed by atoms with Gasteiger partial charge in [-0.05, 0) is 57.3 Å². The van der Waals surface area contributed by atoms with Gasteiger partial charge in [-0.25, -0.2) is 0 Å². The third kappa shape index (κ3) is 4.23. The van der Waals surface area contributed by atoms with Crippen molar-refractivity contribution >= 4 is 5.97 Å².